The normalized spacial score (nSPS) is 11.2. The largest absolute Gasteiger partial charge is 0.325 e. The van der Waals surface area contributed by atoms with Crippen molar-refractivity contribution in [1.82, 2.24) is 9.38 Å². The van der Waals surface area contributed by atoms with Crippen LogP contribution in [0.1, 0.15) is 5.69 Å². The van der Waals surface area contributed by atoms with E-state index in [-0.39, 0.29) is 6.54 Å². The van der Waals surface area contributed by atoms with E-state index in [9.17, 15) is 14.5 Å². The van der Waals surface area contributed by atoms with Crippen LogP contribution in [-0.2, 0) is 6.54 Å². The van der Waals surface area contributed by atoms with Gasteiger partial charge in [0.15, 0.2) is 4.96 Å². The van der Waals surface area contributed by atoms with Gasteiger partial charge in [0, 0.05) is 24.4 Å². The summed E-state index contributed by atoms with van der Waals surface area (Å²) in [5.74, 6) is -0.875. The van der Waals surface area contributed by atoms with Gasteiger partial charge in [-0.15, -0.1) is 0 Å². The van der Waals surface area contributed by atoms with E-state index in [1.165, 1.54) is 23.5 Å². The van der Waals surface area contributed by atoms with Gasteiger partial charge in [0.25, 0.3) is 0 Å². The lowest BCUT2D eigenvalue weighted by Gasteiger charge is -2.03. The first-order chi connectivity index (χ1) is 12.6. The molecule has 130 valence electrons. The molecule has 0 atom stereocenters. The Hall–Kier alpha value is -3.10. The molecule has 0 saturated carbocycles. The molecule has 4 rings (SSSR count). The number of nitro benzene ring substituents is 1. The Kier molecular flexibility index (Phi) is 3.98. The quantitative estimate of drug-likeness (QED) is 0.431. The van der Waals surface area contributed by atoms with E-state index in [1.807, 2.05) is 40.9 Å². The second-order valence-electron chi connectivity index (χ2n) is 5.65. The highest BCUT2D eigenvalue weighted by Crippen LogP contribution is 2.34. The first-order valence-corrected chi connectivity index (χ1v) is 8.60. The second-order valence-corrected chi connectivity index (χ2v) is 6.66. The molecule has 0 fully saturated rings. The number of nitrogens with zero attached hydrogens (tertiary/aromatic N) is 3. The average Bonchev–Trinajstić information content (AvgIpc) is 3.20. The summed E-state index contributed by atoms with van der Waals surface area (Å²) in [7, 11) is 0. The highest BCUT2D eigenvalue weighted by molar-refractivity contribution is 7.20. The van der Waals surface area contributed by atoms with Crippen LogP contribution in [0.5, 0.6) is 0 Å². The number of thiazole rings is 1. The van der Waals surface area contributed by atoms with E-state index in [1.54, 1.807) is 0 Å². The van der Waals surface area contributed by atoms with Crippen LogP contribution in [0.25, 0.3) is 26.7 Å². The third-order valence-corrected chi connectivity index (χ3v) is 5.12. The smallest absolute Gasteiger partial charge is 0.305 e. The molecule has 2 N–H and O–H groups in total. The molecule has 0 aliphatic carbocycles. The molecule has 0 radical (unpaired) electrons. The number of halogens is 1. The fourth-order valence-electron chi connectivity index (χ4n) is 2.85. The molecule has 6 nitrogen and oxygen atoms in total. The van der Waals surface area contributed by atoms with E-state index in [4.69, 9.17) is 5.73 Å². The predicted octanol–water partition coefficient (Wildman–Crippen LogP) is 4.24. The number of nitrogens with two attached hydrogens (primary N) is 1. The van der Waals surface area contributed by atoms with Crippen LogP contribution in [0, 0.1) is 15.9 Å². The molecule has 2 aromatic carbocycles. The van der Waals surface area contributed by atoms with Crippen molar-refractivity contribution in [2.45, 2.75) is 6.54 Å². The third kappa shape index (κ3) is 2.65. The summed E-state index contributed by atoms with van der Waals surface area (Å²) in [6, 6.07) is 13.7. The van der Waals surface area contributed by atoms with Crippen LogP contribution in [-0.4, -0.2) is 14.3 Å². The first-order valence-electron chi connectivity index (χ1n) is 7.79. The molecular weight excluding hydrogens is 355 g/mol. The van der Waals surface area contributed by atoms with Crippen LogP contribution in [0.4, 0.5) is 10.1 Å². The SMILES string of the molecule is NCc1c(-c2ccc(F)c([N+](=O)[O-])c2)nc2sc(-c3ccccc3)cn12. The fourth-order valence-corrected chi connectivity index (χ4v) is 3.86. The van der Waals surface area contributed by atoms with E-state index in [2.05, 4.69) is 4.98 Å². The number of rotatable bonds is 4. The number of aromatic nitrogens is 2. The summed E-state index contributed by atoms with van der Waals surface area (Å²) >= 11 is 1.50. The number of hydrogen-bond acceptors (Lipinski definition) is 5. The summed E-state index contributed by atoms with van der Waals surface area (Å²) in [6.45, 7) is 0.201. The molecule has 2 heterocycles. The molecule has 0 amide bonds. The average molecular weight is 368 g/mol. The van der Waals surface area contributed by atoms with Gasteiger partial charge >= 0.3 is 5.69 Å². The zero-order chi connectivity index (χ0) is 18.3. The summed E-state index contributed by atoms with van der Waals surface area (Å²) in [6.07, 6.45) is 1.95. The van der Waals surface area contributed by atoms with Gasteiger partial charge in [0.05, 0.1) is 21.2 Å². The van der Waals surface area contributed by atoms with E-state index in [0.29, 0.717) is 11.3 Å². The molecule has 0 saturated heterocycles. The van der Waals surface area contributed by atoms with Crippen LogP contribution in [0.15, 0.2) is 54.7 Å². The molecule has 8 heteroatoms. The second kappa shape index (κ2) is 6.32. The van der Waals surface area contributed by atoms with Gasteiger partial charge in [-0.05, 0) is 17.7 Å². The van der Waals surface area contributed by atoms with Crippen LogP contribution in [0.3, 0.4) is 0 Å². The Labute approximate surface area is 151 Å². The molecular formula is C18H13FN4O2S. The van der Waals surface area contributed by atoms with E-state index in [0.717, 1.165) is 27.2 Å². The fraction of sp³-hybridized carbons (Fsp3) is 0.0556. The van der Waals surface area contributed by atoms with Gasteiger partial charge in [-0.2, -0.15) is 4.39 Å². The Morgan fingerprint density at radius 3 is 2.65 bits per heavy atom. The van der Waals surface area contributed by atoms with Crippen LogP contribution >= 0.6 is 11.3 Å². The highest BCUT2D eigenvalue weighted by atomic mass is 32.1. The molecule has 0 unspecified atom stereocenters. The maximum absolute atomic E-state index is 13.6. The maximum atomic E-state index is 13.6. The minimum absolute atomic E-state index is 0.201. The number of hydrogen-bond donors (Lipinski definition) is 1. The summed E-state index contributed by atoms with van der Waals surface area (Å²) in [5, 5.41) is 11.0. The summed E-state index contributed by atoms with van der Waals surface area (Å²) in [4.78, 5) is 16.6. The van der Waals surface area contributed by atoms with Crippen molar-refractivity contribution in [2.24, 2.45) is 5.73 Å². The van der Waals surface area contributed by atoms with Crippen LogP contribution in [0.2, 0.25) is 0 Å². The highest BCUT2D eigenvalue weighted by Gasteiger charge is 2.20. The minimum Gasteiger partial charge on any atom is -0.325 e. The maximum Gasteiger partial charge on any atom is 0.305 e. The number of imidazole rings is 1. The van der Waals surface area contributed by atoms with Crippen molar-refractivity contribution >= 4 is 22.0 Å². The third-order valence-electron chi connectivity index (χ3n) is 4.09. The van der Waals surface area contributed by atoms with Gasteiger partial charge < -0.3 is 5.73 Å². The minimum atomic E-state index is -0.875. The lowest BCUT2D eigenvalue weighted by atomic mass is 10.1. The van der Waals surface area contributed by atoms with Crippen molar-refractivity contribution in [3.63, 3.8) is 0 Å². The summed E-state index contributed by atoms with van der Waals surface area (Å²) < 4.78 is 15.5. The van der Waals surface area contributed by atoms with Gasteiger partial charge in [-0.25, -0.2) is 4.98 Å². The lowest BCUT2D eigenvalue weighted by Crippen LogP contribution is -2.02. The molecule has 0 bridgehead atoms. The molecule has 4 aromatic rings. The first kappa shape index (κ1) is 16.4. The Morgan fingerprint density at radius 1 is 1.19 bits per heavy atom. The topological polar surface area (TPSA) is 86.5 Å². The molecule has 0 spiro atoms. The Balaban J connectivity index is 1.86. The molecule has 0 aliphatic heterocycles. The Bertz CT molecular complexity index is 1120. The lowest BCUT2D eigenvalue weighted by molar-refractivity contribution is -0.387. The van der Waals surface area contributed by atoms with Gasteiger partial charge in [-0.1, -0.05) is 41.7 Å². The van der Waals surface area contributed by atoms with Gasteiger partial charge in [0.2, 0.25) is 5.82 Å². The van der Waals surface area contributed by atoms with Crippen molar-refractivity contribution < 1.29 is 9.31 Å². The zero-order valence-electron chi connectivity index (χ0n) is 13.4. The van der Waals surface area contributed by atoms with E-state index >= 15 is 0 Å². The van der Waals surface area contributed by atoms with Gasteiger partial charge in [-0.3, -0.25) is 14.5 Å². The number of fused-ring (bicyclic) bond motifs is 1. The number of benzene rings is 2. The van der Waals surface area contributed by atoms with Crippen molar-refractivity contribution in [1.29, 1.82) is 0 Å². The van der Waals surface area contributed by atoms with Crippen molar-refractivity contribution in [2.75, 3.05) is 0 Å². The molecule has 2 aromatic heterocycles. The van der Waals surface area contributed by atoms with Crippen LogP contribution < -0.4 is 5.73 Å². The van der Waals surface area contributed by atoms with E-state index < -0.39 is 16.4 Å². The predicted molar refractivity (Wildman–Crippen MR) is 98.4 cm³/mol. The van der Waals surface area contributed by atoms with Gasteiger partial charge in [0.1, 0.15) is 0 Å². The molecule has 26 heavy (non-hydrogen) atoms. The standard InChI is InChI=1S/C18H13FN4O2S/c19-13-7-6-12(8-14(13)23(24)25)17-15(9-20)22-10-16(26-18(22)21-17)11-4-2-1-3-5-11/h1-8,10H,9,20H2. The monoisotopic (exact) mass is 368 g/mol. The summed E-state index contributed by atoms with van der Waals surface area (Å²) in [5.41, 5.74) is 8.13. The Morgan fingerprint density at radius 2 is 1.96 bits per heavy atom. The van der Waals surface area contributed by atoms with Crippen molar-refractivity contribution in [3.05, 3.63) is 76.4 Å². The molecule has 0 aliphatic rings. The number of nitro groups is 1. The zero-order valence-corrected chi connectivity index (χ0v) is 14.2. The van der Waals surface area contributed by atoms with Crippen molar-refractivity contribution in [3.8, 4) is 21.7 Å².